The minimum absolute atomic E-state index is 0.0764. The Kier molecular flexibility index (Phi) is 4.03. The molecular formula is C18H11F3N4O3. The zero-order valence-electron chi connectivity index (χ0n) is 13.9. The van der Waals surface area contributed by atoms with E-state index in [9.17, 15) is 18.0 Å². The fourth-order valence-electron chi connectivity index (χ4n) is 2.60. The van der Waals surface area contributed by atoms with Gasteiger partial charge in [0, 0.05) is 12.3 Å². The molecule has 0 bridgehead atoms. The third-order valence-electron chi connectivity index (χ3n) is 3.89. The molecule has 2 aromatic carbocycles. The summed E-state index contributed by atoms with van der Waals surface area (Å²) in [5, 5.41) is 12.8. The summed E-state index contributed by atoms with van der Waals surface area (Å²) < 4.78 is 47.1. The molecule has 7 nitrogen and oxygen atoms in total. The van der Waals surface area contributed by atoms with Crippen molar-refractivity contribution < 1.29 is 27.8 Å². The predicted molar refractivity (Wildman–Crippen MR) is 91.7 cm³/mol. The lowest BCUT2D eigenvalue weighted by Gasteiger charge is -2.13. The Morgan fingerprint density at radius 2 is 1.93 bits per heavy atom. The molecule has 0 saturated heterocycles. The number of fused-ring (bicyclic) bond motifs is 1. The molecule has 0 aliphatic rings. The van der Waals surface area contributed by atoms with E-state index in [1.54, 1.807) is 18.2 Å². The van der Waals surface area contributed by atoms with Crippen molar-refractivity contribution in [1.82, 2.24) is 19.7 Å². The number of hydrogen-bond donors (Lipinski definition) is 2. The number of rotatable bonds is 4. The molecule has 0 amide bonds. The Morgan fingerprint density at radius 3 is 2.57 bits per heavy atom. The van der Waals surface area contributed by atoms with E-state index in [1.165, 1.54) is 24.4 Å². The maximum Gasteiger partial charge on any atom is 0.420 e. The summed E-state index contributed by atoms with van der Waals surface area (Å²) in [5.74, 6) is -1.25. The molecule has 10 heteroatoms. The lowest BCUT2D eigenvalue weighted by Crippen LogP contribution is -2.07. The van der Waals surface area contributed by atoms with Crippen LogP contribution in [0.2, 0.25) is 0 Å². The first-order valence-corrected chi connectivity index (χ1v) is 7.93. The van der Waals surface area contributed by atoms with Crippen molar-refractivity contribution >= 4 is 17.0 Å². The van der Waals surface area contributed by atoms with Crippen LogP contribution in [0.3, 0.4) is 0 Å². The standard InChI is InChI=1S/C18H11F3N4O3/c19-18(20,21)12-6-13-14(7-15(12)28-11-4-2-1-3-5-11)24-17(23-13)25-9-10(8-22-25)16(26)27/h1-9H,(H,23,24)(H,26,27). The van der Waals surface area contributed by atoms with Crippen LogP contribution in [0, 0.1) is 0 Å². The van der Waals surface area contributed by atoms with Gasteiger partial charge in [-0.1, -0.05) is 18.2 Å². The van der Waals surface area contributed by atoms with Crippen LogP contribution >= 0.6 is 0 Å². The molecule has 0 saturated carbocycles. The van der Waals surface area contributed by atoms with Crippen molar-refractivity contribution in [2.75, 3.05) is 0 Å². The van der Waals surface area contributed by atoms with Gasteiger partial charge in [-0.2, -0.15) is 18.3 Å². The number of imidazole rings is 1. The third kappa shape index (κ3) is 3.27. The van der Waals surface area contributed by atoms with Gasteiger partial charge in [-0.3, -0.25) is 0 Å². The number of nitrogens with zero attached hydrogens (tertiary/aromatic N) is 3. The summed E-state index contributed by atoms with van der Waals surface area (Å²) in [4.78, 5) is 17.9. The van der Waals surface area contributed by atoms with Gasteiger partial charge in [0.2, 0.25) is 5.95 Å². The zero-order valence-corrected chi connectivity index (χ0v) is 13.9. The topological polar surface area (TPSA) is 93.0 Å². The zero-order chi connectivity index (χ0) is 19.9. The Labute approximate surface area is 155 Å². The van der Waals surface area contributed by atoms with E-state index < -0.39 is 23.5 Å². The number of ether oxygens (including phenoxy) is 1. The van der Waals surface area contributed by atoms with Crippen molar-refractivity contribution in [3.05, 3.63) is 66.0 Å². The van der Waals surface area contributed by atoms with Crippen LogP contribution in [0.25, 0.3) is 17.0 Å². The van der Waals surface area contributed by atoms with E-state index in [-0.39, 0.29) is 28.3 Å². The van der Waals surface area contributed by atoms with Gasteiger partial charge in [0.15, 0.2) is 0 Å². The van der Waals surface area contributed by atoms with Gasteiger partial charge in [0.25, 0.3) is 0 Å². The second kappa shape index (κ2) is 6.41. The lowest BCUT2D eigenvalue weighted by molar-refractivity contribution is -0.138. The molecule has 142 valence electrons. The average Bonchev–Trinajstić information content (AvgIpc) is 3.27. The maximum atomic E-state index is 13.5. The highest BCUT2D eigenvalue weighted by molar-refractivity contribution is 5.87. The number of benzene rings is 2. The maximum absolute atomic E-state index is 13.5. The number of hydrogen-bond acceptors (Lipinski definition) is 4. The van der Waals surface area contributed by atoms with E-state index in [2.05, 4.69) is 15.1 Å². The number of nitrogens with one attached hydrogen (secondary N) is 1. The van der Waals surface area contributed by atoms with Crippen molar-refractivity contribution in [2.45, 2.75) is 6.18 Å². The number of carbonyl (C=O) groups is 1. The van der Waals surface area contributed by atoms with Gasteiger partial charge in [0.05, 0.1) is 22.8 Å². The number of aromatic nitrogens is 4. The highest BCUT2D eigenvalue weighted by Crippen LogP contribution is 2.40. The van der Waals surface area contributed by atoms with Crippen LogP contribution in [-0.2, 0) is 6.18 Å². The summed E-state index contributed by atoms with van der Waals surface area (Å²) in [6.07, 6.45) is -2.33. The molecule has 28 heavy (non-hydrogen) atoms. The number of carboxylic acids is 1. The van der Waals surface area contributed by atoms with Crippen LogP contribution in [-0.4, -0.2) is 30.8 Å². The molecule has 0 aliphatic carbocycles. The average molecular weight is 388 g/mol. The van der Waals surface area contributed by atoms with E-state index in [1.807, 2.05) is 0 Å². The molecule has 0 atom stereocenters. The van der Waals surface area contributed by atoms with Gasteiger partial charge in [0.1, 0.15) is 17.1 Å². The smallest absolute Gasteiger partial charge is 0.420 e. The van der Waals surface area contributed by atoms with Gasteiger partial charge >= 0.3 is 12.1 Å². The summed E-state index contributed by atoms with van der Waals surface area (Å²) in [6, 6.07) is 10.2. The van der Waals surface area contributed by atoms with Gasteiger partial charge < -0.3 is 14.8 Å². The third-order valence-corrected chi connectivity index (χ3v) is 3.89. The quantitative estimate of drug-likeness (QED) is 0.545. The predicted octanol–water partition coefficient (Wildman–Crippen LogP) is 4.26. The van der Waals surface area contributed by atoms with Crippen molar-refractivity contribution in [2.24, 2.45) is 0 Å². The molecule has 0 fully saturated rings. The summed E-state index contributed by atoms with van der Waals surface area (Å²) >= 11 is 0. The van der Waals surface area contributed by atoms with Gasteiger partial charge in [-0.15, -0.1) is 0 Å². The molecule has 2 aromatic heterocycles. The summed E-state index contributed by atoms with van der Waals surface area (Å²) in [6.45, 7) is 0. The normalized spacial score (nSPS) is 11.7. The lowest BCUT2D eigenvalue weighted by atomic mass is 10.1. The number of para-hydroxylation sites is 1. The summed E-state index contributed by atoms with van der Waals surface area (Å²) in [7, 11) is 0. The second-order valence-electron chi connectivity index (χ2n) is 5.82. The first-order valence-electron chi connectivity index (χ1n) is 7.93. The molecule has 4 rings (SSSR count). The minimum atomic E-state index is -4.65. The van der Waals surface area contributed by atoms with Crippen molar-refractivity contribution in [3.8, 4) is 17.4 Å². The highest BCUT2D eigenvalue weighted by Gasteiger charge is 2.35. The monoisotopic (exact) mass is 388 g/mol. The van der Waals surface area contributed by atoms with E-state index in [0.717, 1.165) is 16.9 Å². The van der Waals surface area contributed by atoms with Crippen LogP contribution in [0.4, 0.5) is 13.2 Å². The minimum Gasteiger partial charge on any atom is -0.478 e. The Morgan fingerprint density at radius 1 is 1.18 bits per heavy atom. The molecule has 0 aliphatic heterocycles. The molecular weight excluding hydrogens is 377 g/mol. The fraction of sp³-hybridized carbons (Fsp3) is 0.0556. The number of alkyl halides is 3. The van der Waals surface area contributed by atoms with Crippen LogP contribution in [0.1, 0.15) is 15.9 Å². The first kappa shape index (κ1) is 17.6. The summed E-state index contributed by atoms with van der Waals surface area (Å²) in [5.41, 5.74) is -0.730. The van der Waals surface area contributed by atoms with Crippen LogP contribution in [0.15, 0.2) is 54.9 Å². The molecule has 4 aromatic rings. The molecule has 0 unspecified atom stereocenters. The van der Waals surface area contributed by atoms with Gasteiger partial charge in [-0.05, 0) is 18.2 Å². The van der Waals surface area contributed by atoms with Crippen LogP contribution in [0.5, 0.6) is 11.5 Å². The Bertz CT molecular complexity index is 1170. The first-order chi connectivity index (χ1) is 13.3. The van der Waals surface area contributed by atoms with Crippen molar-refractivity contribution in [1.29, 1.82) is 0 Å². The fourth-order valence-corrected chi connectivity index (χ4v) is 2.60. The van der Waals surface area contributed by atoms with E-state index in [0.29, 0.717) is 0 Å². The van der Waals surface area contributed by atoms with E-state index in [4.69, 9.17) is 9.84 Å². The SMILES string of the molecule is O=C(O)c1cnn(-c2nc3cc(Oc4ccccc4)c(C(F)(F)F)cc3[nH]2)c1. The number of H-pyrrole nitrogens is 1. The molecule has 0 spiro atoms. The van der Waals surface area contributed by atoms with Crippen molar-refractivity contribution in [3.63, 3.8) is 0 Å². The number of aromatic carboxylic acids is 1. The largest absolute Gasteiger partial charge is 0.478 e. The number of aromatic amines is 1. The van der Waals surface area contributed by atoms with Gasteiger partial charge in [-0.25, -0.2) is 14.5 Å². The number of carboxylic acid groups (broad SMARTS) is 1. The number of halogens is 3. The van der Waals surface area contributed by atoms with E-state index >= 15 is 0 Å². The highest BCUT2D eigenvalue weighted by atomic mass is 19.4. The Balaban J connectivity index is 1.81. The molecule has 0 radical (unpaired) electrons. The molecule has 2 N–H and O–H groups in total. The Hall–Kier alpha value is -3.82. The second-order valence-corrected chi connectivity index (χ2v) is 5.82. The molecule has 2 heterocycles. The van der Waals surface area contributed by atoms with Crippen LogP contribution < -0.4 is 4.74 Å².